The number of carbonyl (C=O) groups excluding carboxylic acids is 2. The Morgan fingerprint density at radius 1 is 1.00 bits per heavy atom. The predicted molar refractivity (Wildman–Crippen MR) is 166 cm³/mol. The molecule has 4 fully saturated rings. The van der Waals surface area contributed by atoms with E-state index in [1.807, 2.05) is 17.0 Å². The number of hydrogen-bond acceptors (Lipinski definition) is 9. The van der Waals surface area contributed by atoms with Gasteiger partial charge in [0.2, 0.25) is 0 Å². The molecule has 232 valence electrons. The van der Waals surface area contributed by atoms with Gasteiger partial charge in [-0.25, -0.2) is 9.78 Å². The Morgan fingerprint density at radius 2 is 1.77 bits per heavy atom. The number of nitrogens with zero attached hydrogens (tertiary/aromatic N) is 8. The summed E-state index contributed by atoms with van der Waals surface area (Å²) in [6, 6.07) is 8.84. The Balaban J connectivity index is 0.000000182. The number of hydrogen-bond donors (Lipinski definition) is 1. The molecular weight excluding hydrogens is 605 g/mol. The predicted octanol–water partition coefficient (Wildman–Crippen LogP) is 3.56. The number of anilines is 2. The molecule has 3 amide bonds. The van der Waals surface area contributed by atoms with Crippen LogP contribution in [-0.4, -0.2) is 115 Å². The molecule has 0 radical (unpaired) electrons. The van der Waals surface area contributed by atoms with E-state index in [9.17, 15) is 9.59 Å². The lowest BCUT2D eigenvalue weighted by atomic mass is 10.0. The van der Waals surface area contributed by atoms with Crippen LogP contribution < -0.4 is 10.2 Å². The van der Waals surface area contributed by atoms with Crippen LogP contribution >= 0.6 is 23.2 Å². The summed E-state index contributed by atoms with van der Waals surface area (Å²) >= 11 is 12.2. The first-order valence-corrected chi connectivity index (χ1v) is 15.4. The van der Waals surface area contributed by atoms with Crippen molar-refractivity contribution in [3.05, 3.63) is 52.1 Å². The molecule has 5 heterocycles. The van der Waals surface area contributed by atoms with Crippen LogP contribution in [0.2, 0.25) is 10.0 Å². The van der Waals surface area contributed by atoms with Crippen LogP contribution in [0.25, 0.3) is 0 Å². The van der Waals surface area contributed by atoms with Gasteiger partial charge in [0, 0.05) is 70.5 Å². The zero-order valence-corrected chi connectivity index (χ0v) is 26.0. The van der Waals surface area contributed by atoms with E-state index in [4.69, 9.17) is 38.5 Å². The molecule has 0 saturated carbocycles. The number of carbonyl (C=O) groups is 2. The van der Waals surface area contributed by atoms with Crippen molar-refractivity contribution >= 4 is 46.6 Å². The summed E-state index contributed by atoms with van der Waals surface area (Å²) in [5.74, 6) is 0.880. The summed E-state index contributed by atoms with van der Waals surface area (Å²) in [4.78, 5) is 38.1. The second-order valence-electron chi connectivity index (χ2n) is 11.3. The van der Waals surface area contributed by atoms with Gasteiger partial charge in [0.1, 0.15) is 5.82 Å². The lowest BCUT2D eigenvalue weighted by molar-refractivity contribution is 0.0731. The highest BCUT2D eigenvalue weighted by Crippen LogP contribution is 2.34. The quantitative estimate of drug-likeness (QED) is 0.499. The smallest absolute Gasteiger partial charge is 0.323 e. The first-order chi connectivity index (χ1) is 21.3. The fourth-order valence-corrected chi connectivity index (χ4v) is 6.54. The number of pyridine rings is 1. The number of amides is 3. The molecule has 4 aliphatic heterocycles. The van der Waals surface area contributed by atoms with Gasteiger partial charge < -0.3 is 29.2 Å². The summed E-state index contributed by atoms with van der Waals surface area (Å²) < 4.78 is 5.38. The third-order valence-electron chi connectivity index (χ3n) is 8.63. The maximum absolute atomic E-state index is 13.0. The first kappa shape index (κ1) is 31.5. The number of morpholine rings is 1. The van der Waals surface area contributed by atoms with Crippen LogP contribution in [0.4, 0.5) is 16.3 Å². The minimum Gasteiger partial charge on any atom is -0.378 e. The highest BCUT2D eigenvalue weighted by Gasteiger charge is 2.43. The number of likely N-dealkylation sites (N-methyl/N-ethyl adjacent to an activating group) is 1. The normalized spacial score (nSPS) is 22.4. The highest BCUT2D eigenvalue weighted by atomic mass is 35.5. The first-order valence-electron chi connectivity index (χ1n) is 14.6. The van der Waals surface area contributed by atoms with Gasteiger partial charge in [-0.05, 0) is 43.2 Å². The third-order valence-corrected chi connectivity index (χ3v) is 9.16. The van der Waals surface area contributed by atoms with E-state index < -0.39 is 0 Å². The zero-order chi connectivity index (χ0) is 31.2. The van der Waals surface area contributed by atoms with E-state index in [2.05, 4.69) is 27.6 Å². The van der Waals surface area contributed by atoms with E-state index in [1.54, 1.807) is 39.9 Å². The van der Waals surface area contributed by atoms with Crippen LogP contribution in [0.15, 0.2) is 36.5 Å². The SMILES string of the molecule is CN(C(=O)Nc1ccc(Cl)cn1)[C@@H]1CCN(C#N)C1.N#CN1C[C@H]2CCN(C(=O)c3ccc(N4CCOCC4)c(Cl)c3)[C@H]2C1. The molecule has 1 N–H and O–H groups in total. The van der Waals surface area contributed by atoms with Crippen LogP contribution in [-0.2, 0) is 4.74 Å². The van der Waals surface area contributed by atoms with Gasteiger partial charge in [-0.3, -0.25) is 10.1 Å². The maximum Gasteiger partial charge on any atom is 0.323 e. The van der Waals surface area contributed by atoms with Gasteiger partial charge in [-0.1, -0.05) is 23.2 Å². The standard InChI is InChI=1S/C18H21ClN4O2.C12H14ClN5O/c19-15-9-13(1-2-16(15)22-5-7-25-8-6-22)18(24)23-4-3-14-10-21(12-20)11-17(14)23;1-17(10-4-5-18(7-10)8-14)12(19)16-11-3-2-9(13)6-15-11/h1-2,9,14,17H,3-8,10-11H2;2-3,6,10H,4-5,7H2,1H3,(H,15,16,19)/t14-,17+;10-/m11/s1. The number of nitrogens with one attached hydrogen (secondary N) is 1. The number of aromatic nitrogens is 1. The molecule has 1 aromatic carbocycles. The molecule has 0 unspecified atom stereocenters. The molecule has 12 nitrogen and oxygen atoms in total. The second kappa shape index (κ2) is 14.2. The molecule has 0 spiro atoms. The van der Waals surface area contributed by atoms with Crippen molar-refractivity contribution in [3.63, 3.8) is 0 Å². The minimum atomic E-state index is -0.236. The number of urea groups is 1. The van der Waals surface area contributed by atoms with Crippen molar-refractivity contribution in [2.45, 2.75) is 24.9 Å². The van der Waals surface area contributed by atoms with Gasteiger partial charge in [-0.15, -0.1) is 0 Å². The van der Waals surface area contributed by atoms with Gasteiger partial charge in [0.25, 0.3) is 5.91 Å². The molecule has 4 aliphatic rings. The maximum atomic E-state index is 13.0. The second-order valence-corrected chi connectivity index (χ2v) is 12.1. The Kier molecular flexibility index (Phi) is 10.2. The molecule has 3 atom stereocenters. The Labute approximate surface area is 267 Å². The van der Waals surface area contributed by atoms with E-state index >= 15 is 0 Å². The van der Waals surface area contributed by atoms with Crippen molar-refractivity contribution in [2.24, 2.45) is 5.92 Å². The molecule has 44 heavy (non-hydrogen) atoms. The van der Waals surface area contributed by atoms with Crippen molar-refractivity contribution in [1.82, 2.24) is 24.6 Å². The fraction of sp³-hybridized carbons (Fsp3) is 0.500. The van der Waals surface area contributed by atoms with E-state index in [0.717, 1.165) is 44.7 Å². The van der Waals surface area contributed by atoms with Gasteiger partial charge in [-0.2, -0.15) is 10.5 Å². The summed E-state index contributed by atoms with van der Waals surface area (Å²) in [7, 11) is 1.72. The van der Waals surface area contributed by atoms with E-state index in [-0.39, 0.29) is 24.0 Å². The fourth-order valence-electron chi connectivity index (χ4n) is 6.12. The number of benzene rings is 1. The summed E-state index contributed by atoms with van der Waals surface area (Å²) in [6.07, 6.45) is 7.53. The largest absolute Gasteiger partial charge is 0.378 e. The van der Waals surface area contributed by atoms with Gasteiger partial charge in [0.15, 0.2) is 12.4 Å². The number of rotatable bonds is 4. The van der Waals surface area contributed by atoms with Gasteiger partial charge in [0.05, 0.1) is 41.0 Å². The van der Waals surface area contributed by atoms with Crippen LogP contribution in [0.3, 0.4) is 0 Å². The number of halogens is 2. The highest BCUT2D eigenvalue weighted by molar-refractivity contribution is 6.33. The molecule has 1 aromatic heterocycles. The molecule has 2 aromatic rings. The van der Waals surface area contributed by atoms with Crippen LogP contribution in [0, 0.1) is 28.8 Å². The van der Waals surface area contributed by atoms with Crippen molar-refractivity contribution in [1.29, 1.82) is 10.5 Å². The summed E-state index contributed by atoms with van der Waals surface area (Å²) in [5, 5.41) is 21.7. The minimum absolute atomic E-state index is 0.0164. The molecule has 0 aliphatic carbocycles. The lowest BCUT2D eigenvalue weighted by Gasteiger charge is -2.30. The number of likely N-dealkylation sites (tertiary alicyclic amines) is 3. The molecule has 0 bridgehead atoms. The zero-order valence-electron chi connectivity index (χ0n) is 24.5. The van der Waals surface area contributed by atoms with Crippen molar-refractivity contribution < 1.29 is 14.3 Å². The monoisotopic (exact) mass is 639 g/mol. The molecule has 6 rings (SSSR count). The topological polar surface area (TPSA) is 132 Å². The van der Waals surface area contributed by atoms with Crippen molar-refractivity contribution in [3.8, 4) is 12.4 Å². The third kappa shape index (κ3) is 7.21. The Morgan fingerprint density at radius 3 is 2.43 bits per heavy atom. The van der Waals surface area contributed by atoms with E-state index in [0.29, 0.717) is 60.2 Å². The van der Waals surface area contributed by atoms with E-state index in [1.165, 1.54) is 6.20 Å². The van der Waals surface area contributed by atoms with Gasteiger partial charge >= 0.3 is 6.03 Å². The average Bonchev–Trinajstić information content (AvgIpc) is 3.78. The van der Waals surface area contributed by atoms with Crippen LogP contribution in [0.1, 0.15) is 23.2 Å². The average molecular weight is 641 g/mol. The van der Waals surface area contributed by atoms with Crippen LogP contribution in [0.5, 0.6) is 0 Å². The van der Waals surface area contributed by atoms with Crippen molar-refractivity contribution in [2.75, 3.05) is 76.3 Å². The Bertz CT molecular complexity index is 1420. The molecular formula is C30H35Cl2N9O3. The number of ether oxygens (including phenoxy) is 1. The lowest BCUT2D eigenvalue weighted by Crippen LogP contribution is -2.41. The number of nitriles is 2. The number of fused-ring (bicyclic) bond motifs is 1. The Hall–Kier alpha value is -3.97. The summed E-state index contributed by atoms with van der Waals surface area (Å²) in [5.41, 5.74) is 1.58. The molecule has 4 saturated heterocycles. The molecule has 14 heteroatoms. The summed E-state index contributed by atoms with van der Waals surface area (Å²) in [6.45, 7) is 6.46.